The van der Waals surface area contributed by atoms with E-state index in [0.717, 1.165) is 19.4 Å². The van der Waals surface area contributed by atoms with E-state index in [1.165, 1.54) is 18.4 Å². The molecule has 0 spiro atoms. The molecule has 0 radical (unpaired) electrons. The minimum Gasteiger partial charge on any atom is -0.298 e. The predicted octanol–water partition coefficient (Wildman–Crippen LogP) is 2.63. The lowest BCUT2D eigenvalue weighted by Gasteiger charge is -2.21. The lowest BCUT2D eigenvalue weighted by atomic mass is 10.2. The molecule has 0 unspecified atom stereocenters. The minimum atomic E-state index is 0.395. The number of nitrogens with zero attached hydrogens (tertiary/aromatic N) is 1. The van der Waals surface area contributed by atoms with Gasteiger partial charge in [0.1, 0.15) is 5.78 Å². The molecular weight excluding hydrogens is 210 g/mol. The van der Waals surface area contributed by atoms with E-state index in [1.54, 1.807) is 0 Å². The van der Waals surface area contributed by atoms with Gasteiger partial charge in [0.05, 0.1) is 6.54 Å². The molecule has 90 valence electrons. The Hall–Kier alpha value is -1.15. The first-order chi connectivity index (χ1) is 8.33. The third-order valence-corrected chi connectivity index (χ3v) is 3.68. The van der Waals surface area contributed by atoms with Crippen LogP contribution in [0.15, 0.2) is 30.3 Å². The predicted molar refractivity (Wildman–Crippen MR) is 67.6 cm³/mol. The molecule has 17 heavy (non-hydrogen) atoms. The fourth-order valence-corrected chi connectivity index (χ4v) is 2.31. The Morgan fingerprint density at radius 3 is 2.41 bits per heavy atom. The highest BCUT2D eigenvalue weighted by molar-refractivity contribution is 5.85. The van der Waals surface area contributed by atoms with E-state index in [4.69, 9.17) is 0 Å². The highest BCUT2D eigenvalue weighted by atomic mass is 16.1. The molecule has 0 aromatic heterocycles. The van der Waals surface area contributed by atoms with Gasteiger partial charge >= 0.3 is 0 Å². The third-order valence-electron chi connectivity index (χ3n) is 3.68. The summed E-state index contributed by atoms with van der Waals surface area (Å²) in [6.45, 7) is 1.61. The standard InChI is InChI=1S/C15H19NO/c17-15(13-6-7-13)11-16(14-8-9-14)10-12-4-2-1-3-5-12/h1-5,13-14H,6-11H2. The average Bonchev–Trinajstić information content (AvgIpc) is 3.19. The van der Waals surface area contributed by atoms with Gasteiger partial charge in [0.25, 0.3) is 0 Å². The van der Waals surface area contributed by atoms with Crippen LogP contribution in [-0.4, -0.2) is 23.3 Å². The summed E-state index contributed by atoms with van der Waals surface area (Å²) in [5, 5.41) is 0. The van der Waals surface area contributed by atoms with E-state index in [1.807, 2.05) is 6.07 Å². The first kappa shape index (κ1) is 11.0. The van der Waals surface area contributed by atoms with Crippen LogP contribution in [0, 0.1) is 5.92 Å². The zero-order valence-electron chi connectivity index (χ0n) is 10.1. The molecule has 0 aliphatic heterocycles. The number of carbonyl (C=O) groups is 1. The number of benzene rings is 1. The number of hydrogen-bond acceptors (Lipinski definition) is 2. The van der Waals surface area contributed by atoms with Crippen LogP contribution in [0.4, 0.5) is 0 Å². The summed E-state index contributed by atoms with van der Waals surface area (Å²) in [5.41, 5.74) is 1.32. The molecule has 0 heterocycles. The summed E-state index contributed by atoms with van der Waals surface area (Å²) in [4.78, 5) is 14.3. The van der Waals surface area contributed by atoms with Gasteiger partial charge in [-0.25, -0.2) is 0 Å². The number of hydrogen-bond donors (Lipinski definition) is 0. The van der Waals surface area contributed by atoms with Gasteiger partial charge in [0.15, 0.2) is 0 Å². The largest absolute Gasteiger partial charge is 0.298 e. The highest BCUT2D eigenvalue weighted by Crippen LogP contribution is 2.33. The fraction of sp³-hybridized carbons (Fsp3) is 0.533. The van der Waals surface area contributed by atoms with Crippen molar-refractivity contribution in [1.82, 2.24) is 4.90 Å². The van der Waals surface area contributed by atoms with Crippen molar-refractivity contribution in [3.8, 4) is 0 Å². The van der Waals surface area contributed by atoms with Gasteiger partial charge in [0, 0.05) is 18.5 Å². The van der Waals surface area contributed by atoms with Crippen LogP contribution in [0.2, 0.25) is 0 Å². The van der Waals surface area contributed by atoms with Crippen molar-refractivity contribution in [2.24, 2.45) is 5.92 Å². The van der Waals surface area contributed by atoms with E-state index in [9.17, 15) is 4.79 Å². The Bertz CT molecular complexity index is 393. The molecule has 0 atom stereocenters. The maximum Gasteiger partial charge on any atom is 0.149 e. The molecule has 0 amide bonds. The van der Waals surface area contributed by atoms with Gasteiger partial charge in [0.2, 0.25) is 0 Å². The maximum absolute atomic E-state index is 11.9. The molecule has 3 rings (SSSR count). The van der Waals surface area contributed by atoms with Gasteiger partial charge in [-0.2, -0.15) is 0 Å². The lowest BCUT2D eigenvalue weighted by Crippen LogP contribution is -2.32. The van der Waals surface area contributed by atoms with Crippen molar-refractivity contribution in [3.63, 3.8) is 0 Å². The maximum atomic E-state index is 11.9. The summed E-state index contributed by atoms with van der Waals surface area (Å²) in [5.74, 6) is 0.861. The summed E-state index contributed by atoms with van der Waals surface area (Å²) >= 11 is 0. The van der Waals surface area contributed by atoms with Crippen molar-refractivity contribution >= 4 is 5.78 Å². The molecule has 2 heteroatoms. The van der Waals surface area contributed by atoms with E-state index in [-0.39, 0.29) is 0 Å². The smallest absolute Gasteiger partial charge is 0.149 e. The highest BCUT2D eigenvalue weighted by Gasteiger charge is 2.35. The number of rotatable bonds is 6. The molecule has 2 nitrogen and oxygen atoms in total. The number of Topliss-reactive ketones (excluding diaryl/α,β-unsaturated/α-hetero) is 1. The lowest BCUT2D eigenvalue weighted by molar-refractivity contribution is -0.121. The average molecular weight is 229 g/mol. The molecule has 1 aromatic carbocycles. The quantitative estimate of drug-likeness (QED) is 0.747. The Labute approximate surface area is 103 Å². The van der Waals surface area contributed by atoms with Crippen molar-refractivity contribution in [1.29, 1.82) is 0 Å². The topological polar surface area (TPSA) is 20.3 Å². The van der Waals surface area contributed by atoms with E-state index < -0.39 is 0 Å². The summed E-state index contributed by atoms with van der Waals surface area (Å²) < 4.78 is 0. The molecule has 0 N–H and O–H groups in total. The van der Waals surface area contributed by atoms with Crippen LogP contribution in [0.25, 0.3) is 0 Å². The van der Waals surface area contributed by atoms with Crippen LogP contribution in [-0.2, 0) is 11.3 Å². The Kier molecular flexibility index (Phi) is 2.98. The van der Waals surface area contributed by atoms with Crippen molar-refractivity contribution in [2.75, 3.05) is 6.54 Å². The molecular formula is C15H19NO. The van der Waals surface area contributed by atoms with E-state index >= 15 is 0 Å². The third kappa shape index (κ3) is 2.95. The Balaban J connectivity index is 1.61. The zero-order chi connectivity index (χ0) is 11.7. The van der Waals surface area contributed by atoms with Crippen LogP contribution in [0.5, 0.6) is 0 Å². The normalized spacial score (nSPS) is 19.6. The molecule has 2 fully saturated rings. The summed E-state index contributed by atoms with van der Waals surface area (Å²) in [7, 11) is 0. The molecule has 2 aliphatic carbocycles. The Morgan fingerprint density at radius 1 is 1.12 bits per heavy atom. The second kappa shape index (κ2) is 4.61. The molecule has 2 saturated carbocycles. The minimum absolute atomic E-state index is 0.395. The summed E-state index contributed by atoms with van der Waals surface area (Å²) in [6.07, 6.45) is 4.79. The van der Waals surface area contributed by atoms with Crippen molar-refractivity contribution in [3.05, 3.63) is 35.9 Å². The van der Waals surface area contributed by atoms with Gasteiger partial charge in [-0.1, -0.05) is 30.3 Å². The van der Waals surface area contributed by atoms with E-state index in [0.29, 0.717) is 24.3 Å². The monoisotopic (exact) mass is 229 g/mol. The van der Waals surface area contributed by atoms with Crippen LogP contribution < -0.4 is 0 Å². The second-order valence-corrected chi connectivity index (χ2v) is 5.36. The Morgan fingerprint density at radius 2 is 1.82 bits per heavy atom. The molecule has 0 saturated heterocycles. The summed E-state index contributed by atoms with van der Waals surface area (Å²) in [6, 6.07) is 11.2. The van der Waals surface area contributed by atoms with Crippen LogP contribution in [0.1, 0.15) is 31.2 Å². The van der Waals surface area contributed by atoms with Gasteiger partial charge in [-0.15, -0.1) is 0 Å². The number of ketones is 1. The van der Waals surface area contributed by atoms with Gasteiger partial charge < -0.3 is 0 Å². The van der Waals surface area contributed by atoms with Gasteiger partial charge in [-0.3, -0.25) is 9.69 Å². The number of carbonyl (C=O) groups excluding carboxylic acids is 1. The fourth-order valence-electron chi connectivity index (χ4n) is 2.31. The first-order valence-corrected chi connectivity index (χ1v) is 6.63. The van der Waals surface area contributed by atoms with Crippen LogP contribution >= 0.6 is 0 Å². The molecule has 2 aliphatic rings. The van der Waals surface area contributed by atoms with Gasteiger partial charge in [-0.05, 0) is 31.2 Å². The SMILES string of the molecule is O=C(CN(Cc1ccccc1)C1CC1)C1CC1. The van der Waals surface area contributed by atoms with Crippen molar-refractivity contribution < 1.29 is 4.79 Å². The first-order valence-electron chi connectivity index (χ1n) is 6.63. The zero-order valence-corrected chi connectivity index (χ0v) is 10.1. The van der Waals surface area contributed by atoms with E-state index in [2.05, 4.69) is 29.2 Å². The molecule has 0 bridgehead atoms. The second-order valence-electron chi connectivity index (χ2n) is 5.36. The molecule has 1 aromatic rings. The van der Waals surface area contributed by atoms with Crippen molar-refractivity contribution in [2.45, 2.75) is 38.3 Å². The van der Waals surface area contributed by atoms with Crippen LogP contribution in [0.3, 0.4) is 0 Å².